The van der Waals surface area contributed by atoms with Crippen molar-refractivity contribution in [2.75, 3.05) is 14.2 Å². The molecule has 1 fully saturated rings. The van der Waals surface area contributed by atoms with Gasteiger partial charge in [0.25, 0.3) is 0 Å². The van der Waals surface area contributed by atoms with E-state index in [4.69, 9.17) is 26.4 Å². The first-order valence-electron chi connectivity index (χ1n) is 6.52. The minimum atomic E-state index is -0.943. The fraction of sp³-hybridized carbons (Fsp3) is 0.429. The van der Waals surface area contributed by atoms with Gasteiger partial charge in [0.15, 0.2) is 10.8 Å². The van der Waals surface area contributed by atoms with E-state index < -0.39 is 11.6 Å². The fourth-order valence-corrected chi connectivity index (χ4v) is 3.26. The Morgan fingerprint density at radius 1 is 1.43 bits per heavy atom. The van der Waals surface area contributed by atoms with Gasteiger partial charge in [0.05, 0.1) is 20.3 Å². The van der Waals surface area contributed by atoms with Crippen molar-refractivity contribution >= 4 is 23.3 Å². The largest absolute Gasteiger partial charge is 0.497 e. The maximum absolute atomic E-state index is 12.2. The molecule has 0 aromatic heterocycles. The first-order valence-corrected chi connectivity index (χ1v) is 6.93. The molecule has 112 valence electrons. The highest BCUT2D eigenvalue weighted by Crippen LogP contribution is 2.46. The molecule has 21 heavy (non-hydrogen) atoms. The highest BCUT2D eigenvalue weighted by molar-refractivity contribution is 7.80. The number of fused-ring (bicyclic) bond motifs is 4. The quantitative estimate of drug-likeness (QED) is 0.626. The zero-order valence-electron chi connectivity index (χ0n) is 11.9. The highest BCUT2D eigenvalue weighted by Gasteiger charge is 2.55. The molecule has 1 aromatic carbocycles. The zero-order chi connectivity index (χ0) is 15.2. The van der Waals surface area contributed by atoms with E-state index >= 15 is 0 Å². The lowest BCUT2D eigenvalue weighted by Gasteiger charge is -2.50. The molecular weight excluding hydrogens is 292 g/mol. The summed E-state index contributed by atoms with van der Waals surface area (Å²) in [5, 5.41) is 6.60. The number of esters is 1. The van der Waals surface area contributed by atoms with Gasteiger partial charge in [-0.05, 0) is 37.3 Å². The molecule has 3 rings (SSSR count). The lowest BCUT2D eigenvalue weighted by Crippen LogP contribution is -2.69. The molecular formula is C14H16N2O4S. The van der Waals surface area contributed by atoms with E-state index in [1.165, 1.54) is 7.11 Å². The third-order valence-corrected chi connectivity index (χ3v) is 4.12. The van der Waals surface area contributed by atoms with Crippen molar-refractivity contribution in [3.63, 3.8) is 0 Å². The predicted molar refractivity (Wildman–Crippen MR) is 79.1 cm³/mol. The molecule has 2 aliphatic heterocycles. The average Bonchev–Trinajstić information content (AvgIpc) is 2.45. The number of ether oxygens (including phenoxy) is 3. The van der Waals surface area contributed by atoms with Gasteiger partial charge in [0, 0.05) is 5.56 Å². The van der Waals surface area contributed by atoms with E-state index in [9.17, 15) is 4.79 Å². The van der Waals surface area contributed by atoms with Crippen LogP contribution < -0.4 is 20.1 Å². The van der Waals surface area contributed by atoms with Crippen LogP contribution in [-0.4, -0.2) is 31.0 Å². The predicted octanol–water partition coefficient (Wildman–Crippen LogP) is 1.11. The van der Waals surface area contributed by atoms with E-state index in [1.807, 2.05) is 18.2 Å². The Bertz CT molecular complexity index is 621. The molecule has 1 saturated heterocycles. The van der Waals surface area contributed by atoms with E-state index in [2.05, 4.69) is 10.6 Å². The van der Waals surface area contributed by atoms with Gasteiger partial charge in [-0.1, -0.05) is 0 Å². The van der Waals surface area contributed by atoms with Crippen molar-refractivity contribution in [3.8, 4) is 11.5 Å². The van der Waals surface area contributed by atoms with Crippen LogP contribution in [0.1, 0.15) is 18.5 Å². The summed E-state index contributed by atoms with van der Waals surface area (Å²) in [6.07, 6.45) is 0. The smallest absolute Gasteiger partial charge is 0.317 e. The molecule has 0 spiro atoms. The number of hydrogen-bond acceptors (Lipinski definition) is 5. The minimum absolute atomic E-state index is 0.324. The van der Waals surface area contributed by atoms with E-state index in [1.54, 1.807) is 14.0 Å². The number of benzene rings is 1. The third kappa shape index (κ3) is 2.08. The Morgan fingerprint density at radius 2 is 2.19 bits per heavy atom. The third-order valence-electron chi connectivity index (χ3n) is 3.90. The summed E-state index contributed by atoms with van der Waals surface area (Å²) in [5.74, 6) is 0.453. The number of carbonyl (C=O) groups is 1. The summed E-state index contributed by atoms with van der Waals surface area (Å²) in [6, 6.07) is 5.16. The zero-order valence-corrected chi connectivity index (χ0v) is 12.7. The van der Waals surface area contributed by atoms with Crippen LogP contribution in [0.25, 0.3) is 0 Å². The van der Waals surface area contributed by atoms with E-state index in [-0.39, 0.29) is 12.0 Å². The second-order valence-electron chi connectivity index (χ2n) is 5.19. The summed E-state index contributed by atoms with van der Waals surface area (Å²) in [4.78, 5) is 12.2. The first-order chi connectivity index (χ1) is 9.98. The van der Waals surface area contributed by atoms with Gasteiger partial charge < -0.3 is 24.8 Å². The number of carbonyl (C=O) groups excluding carboxylic acids is 1. The second kappa shape index (κ2) is 4.77. The normalized spacial score (nSPS) is 29.4. The average molecular weight is 308 g/mol. The monoisotopic (exact) mass is 308 g/mol. The van der Waals surface area contributed by atoms with Crippen LogP contribution in [0, 0.1) is 5.92 Å². The van der Waals surface area contributed by atoms with Crippen LogP contribution in [-0.2, 0) is 9.53 Å². The molecule has 0 amide bonds. The molecule has 6 nitrogen and oxygen atoms in total. The Balaban J connectivity index is 2.14. The fourth-order valence-electron chi connectivity index (χ4n) is 2.93. The molecule has 0 aliphatic carbocycles. The number of thiocarbonyl (C=S) groups is 1. The number of hydrogen-bond donors (Lipinski definition) is 2. The van der Waals surface area contributed by atoms with Crippen LogP contribution >= 0.6 is 12.2 Å². The van der Waals surface area contributed by atoms with Crippen molar-refractivity contribution in [1.29, 1.82) is 0 Å². The molecule has 7 heteroatoms. The SMILES string of the molecule is COC(=O)C1C2NC(=S)NC1(C)Oc1ccc(OC)cc12. The molecule has 0 saturated carbocycles. The summed E-state index contributed by atoms with van der Waals surface area (Å²) in [5.41, 5.74) is -0.118. The van der Waals surface area contributed by atoms with E-state index in [0.29, 0.717) is 16.6 Å². The standard InChI is InChI=1S/C14H16N2O4S/c1-14-10(12(17)19-3)11(15-13(21)16-14)8-6-7(18-2)4-5-9(8)20-14/h4-6,10-11H,1-3H3,(H2,15,16,21). The molecule has 2 N–H and O–H groups in total. The maximum Gasteiger partial charge on any atom is 0.317 e. The Morgan fingerprint density at radius 3 is 2.86 bits per heavy atom. The Hall–Kier alpha value is -2.02. The number of rotatable bonds is 2. The van der Waals surface area contributed by atoms with Crippen molar-refractivity contribution in [1.82, 2.24) is 10.6 Å². The molecule has 2 heterocycles. The van der Waals surface area contributed by atoms with Gasteiger partial charge in [-0.25, -0.2) is 0 Å². The van der Waals surface area contributed by atoms with Crippen molar-refractivity contribution in [2.45, 2.75) is 18.7 Å². The molecule has 1 aromatic rings. The van der Waals surface area contributed by atoms with Crippen LogP contribution in [0.4, 0.5) is 0 Å². The van der Waals surface area contributed by atoms with Crippen LogP contribution in [0.3, 0.4) is 0 Å². The molecule has 2 bridgehead atoms. The molecule has 0 radical (unpaired) electrons. The summed E-state index contributed by atoms with van der Waals surface area (Å²) < 4.78 is 16.2. The van der Waals surface area contributed by atoms with E-state index in [0.717, 1.165) is 5.56 Å². The maximum atomic E-state index is 12.2. The van der Waals surface area contributed by atoms with Crippen LogP contribution in [0.2, 0.25) is 0 Å². The van der Waals surface area contributed by atoms with Gasteiger partial charge in [-0.15, -0.1) is 0 Å². The van der Waals surface area contributed by atoms with Gasteiger partial charge >= 0.3 is 5.97 Å². The van der Waals surface area contributed by atoms with Gasteiger partial charge in [0.1, 0.15) is 17.4 Å². The molecule has 2 aliphatic rings. The van der Waals surface area contributed by atoms with Crippen LogP contribution in [0.5, 0.6) is 11.5 Å². The minimum Gasteiger partial charge on any atom is -0.497 e. The first kappa shape index (κ1) is 13.9. The van der Waals surface area contributed by atoms with Gasteiger partial charge in [-0.3, -0.25) is 4.79 Å². The summed E-state index contributed by atoms with van der Waals surface area (Å²) in [6.45, 7) is 1.79. The summed E-state index contributed by atoms with van der Waals surface area (Å²) >= 11 is 5.21. The lowest BCUT2D eigenvalue weighted by molar-refractivity contribution is -0.159. The van der Waals surface area contributed by atoms with Crippen molar-refractivity contribution in [2.24, 2.45) is 5.92 Å². The van der Waals surface area contributed by atoms with Crippen molar-refractivity contribution < 1.29 is 19.0 Å². The lowest BCUT2D eigenvalue weighted by atomic mass is 9.80. The van der Waals surface area contributed by atoms with Gasteiger partial charge in [-0.2, -0.15) is 0 Å². The molecule has 3 unspecified atom stereocenters. The second-order valence-corrected chi connectivity index (χ2v) is 5.60. The molecule has 3 atom stereocenters. The number of methoxy groups -OCH3 is 2. The Labute approximate surface area is 127 Å². The van der Waals surface area contributed by atoms with Gasteiger partial charge in [0.2, 0.25) is 0 Å². The highest BCUT2D eigenvalue weighted by atomic mass is 32.1. The topological polar surface area (TPSA) is 68.8 Å². The Kier molecular flexibility index (Phi) is 3.16. The summed E-state index contributed by atoms with van der Waals surface area (Å²) in [7, 11) is 2.95. The van der Waals surface area contributed by atoms with Crippen LogP contribution in [0.15, 0.2) is 18.2 Å². The number of nitrogens with one attached hydrogen (secondary N) is 2. The van der Waals surface area contributed by atoms with Crippen molar-refractivity contribution in [3.05, 3.63) is 23.8 Å².